The van der Waals surface area contributed by atoms with Gasteiger partial charge in [0.2, 0.25) is 0 Å². The Labute approximate surface area is 127 Å². The van der Waals surface area contributed by atoms with Crippen molar-refractivity contribution in [1.82, 2.24) is 10.2 Å². The van der Waals surface area contributed by atoms with Crippen molar-refractivity contribution < 1.29 is 18.7 Å². The fourth-order valence-corrected chi connectivity index (χ4v) is 1.88. The number of aromatic nitrogens is 2. The summed E-state index contributed by atoms with van der Waals surface area (Å²) in [4.78, 5) is 11.3. The number of nitrogens with one attached hydrogen (secondary N) is 1. The molecule has 0 saturated carbocycles. The van der Waals surface area contributed by atoms with Gasteiger partial charge in [-0.3, -0.25) is 0 Å². The van der Waals surface area contributed by atoms with E-state index in [9.17, 15) is 9.18 Å². The van der Waals surface area contributed by atoms with E-state index < -0.39 is 11.8 Å². The van der Waals surface area contributed by atoms with Crippen LogP contribution in [0, 0.1) is 5.82 Å². The molecule has 7 heteroatoms. The van der Waals surface area contributed by atoms with Crippen LogP contribution >= 0.6 is 0 Å². The average molecular weight is 305 g/mol. The quantitative estimate of drug-likeness (QED) is 0.856. The molecule has 2 rings (SSSR count). The van der Waals surface area contributed by atoms with Crippen molar-refractivity contribution in [3.05, 3.63) is 47.4 Å². The molecule has 1 aromatic heterocycles. The Hall–Kier alpha value is -2.70. The van der Waals surface area contributed by atoms with Crippen LogP contribution in [0.4, 0.5) is 10.2 Å². The molecular formula is C15H16FN3O3. The van der Waals surface area contributed by atoms with Crippen molar-refractivity contribution in [2.75, 3.05) is 19.5 Å². The highest BCUT2D eigenvalue weighted by atomic mass is 19.1. The van der Waals surface area contributed by atoms with E-state index in [0.717, 1.165) is 5.56 Å². The molecule has 2 aromatic rings. The monoisotopic (exact) mass is 305 g/mol. The average Bonchev–Trinajstić information content (AvgIpc) is 2.54. The van der Waals surface area contributed by atoms with Gasteiger partial charge in [0, 0.05) is 0 Å². The van der Waals surface area contributed by atoms with Gasteiger partial charge >= 0.3 is 5.97 Å². The summed E-state index contributed by atoms with van der Waals surface area (Å²) in [6, 6.07) is 7.63. The topological polar surface area (TPSA) is 73.3 Å². The lowest BCUT2D eigenvalue weighted by Gasteiger charge is -2.15. The van der Waals surface area contributed by atoms with E-state index in [2.05, 4.69) is 20.3 Å². The lowest BCUT2D eigenvalue weighted by atomic mass is 10.1. The Balaban J connectivity index is 2.09. The summed E-state index contributed by atoms with van der Waals surface area (Å²) in [5.74, 6) is -0.320. The number of benzene rings is 1. The number of esters is 1. The molecule has 0 aliphatic carbocycles. The Morgan fingerprint density at radius 1 is 1.23 bits per heavy atom. The van der Waals surface area contributed by atoms with Gasteiger partial charge in [0.25, 0.3) is 0 Å². The van der Waals surface area contributed by atoms with Crippen LogP contribution in [0.5, 0.6) is 5.75 Å². The second-order valence-corrected chi connectivity index (χ2v) is 4.56. The number of hydrogen-bond acceptors (Lipinski definition) is 6. The molecule has 22 heavy (non-hydrogen) atoms. The number of anilines is 1. The molecule has 1 N–H and O–H groups in total. The number of ether oxygens (including phenoxy) is 2. The molecule has 0 aliphatic heterocycles. The van der Waals surface area contributed by atoms with Gasteiger partial charge in [-0.05, 0) is 36.8 Å². The number of hydrogen-bond donors (Lipinski definition) is 1. The number of carbonyl (C=O) groups is 1. The van der Waals surface area contributed by atoms with E-state index in [1.807, 2.05) is 6.92 Å². The van der Waals surface area contributed by atoms with Gasteiger partial charge in [-0.25, -0.2) is 9.18 Å². The summed E-state index contributed by atoms with van der Waals surface area (Å²) >= 11 is 0. The normalized spacial score (nSPS) is 11.6. The summed E-state index contributed by atoms with van der Waals surface area (Å²) in [5, 5.41) is 10.7. The Bertz CT molecular complexity index is 662. The predicted octanol–water partition coefficient (Wildman–Crippen LogP) is 2.58. The van der Waals surface area contributed by atoms with Crippen LogP contribution in [0.15, 0.2) is 30.3 Å². The van der Waals surface area contributed by atoms with Crippen molar-refractivity contribution in [2.45, 2.75) is 13.0 Å². The number of methoxy groups -OCH3 is 2. The number of nitrogens with zero attached hydrogens (tertiary/aromatic N) is 2. The van der Waals surface area contributed by atoms with Crippen LogP contribution in [-0.4, -0.2) is 30.4 Å². The van der Waals surface area contributed by atoms with Gasteiger partial charge in [-0.2, -0.15) is 0 Å². The molecular weight excluding hydrogens is 289 g/mol. The first-order chi connectivity index (χ1) is 10.5. The molecule has 0 spiro atoms. The minimum absolute atomic E-state index is 0.121. The standard InChI is InChI=1S/C15H16FN3O3/c1-9(10-4-6-13(21-2)11(16)8-10)17-14-7-5-12(18-19-14)15(20)22-3/h4-9H,1-3H3,(H,17,19). The van der Waals surface area contributed by atoms with Crippen molar-refractivity contribution in [3.63, 3.8) is 0 Å². The van der Waals surface area contributed by atoms with E-state index in [-0.39, 0.29) is 17.5 Å². The number of rotatable bonds is 5. The van der Waals surface area contributed by atoms with Crippen LogP contribution in [0.1, 0.15) is 29.0 Å². The second kappa shape index (κ2) is 6.84. The first-order valence-corrected chi connectivity index (χ1v) is 6.57. The van der Waals surface area contributed by atoms with E-state index in [1.165, 1.54) is 26.4 Å². The van der Waals surface area contributed by atoms with Crippen LogP contribution in [0.3, 0.4) is 0 Å². The molecule has 6 nitrogen and oxygen atoms in total. The summed E-state index contributed by atoms with van der Waals surface area (Å²) < 4.78 is 23.1. The van der Waals surface area contributed by atoms with Crippen molar-refractivity contribution in [2.24, 2.45) is 0 Å². The molecule has 1 aromatic carbocycles. The Morgan fingerprint density at radius 3 is 2.55 bits per heavy atom. The summed E-state index contributed by atoms with van der Waals surface area (Å²) in [6.45, 7) is 1.86. The molecule has 0 bridgehead atoms. The Morgan fingerprint density at radius 2 is 2.00 bits per heavy atom. The molecule has 0 radical (unpaired) electrons. The third-order valence-corrected chi connectivity index (χ3v) is 3.10. The third kappa shape index (κ3) is 3.49. The zero-order valence-corrected chi connectivity index (χ0v) is 12.5. The minimum atomic E-state index is -0.552. The predicted molar refractivity (Wildman–Crippen MR) is 78.4 cm³/mol. The largest absolute Gasteiger partial charge is 0.494 e. The van der Waals surface area contributed by atoms with Gasteiger partial charge in [0.15, 0.2) is 17.3 Å². The zero-order chi connectivity index (χ0) is 16.1. The van der Waals surface area contributed by atoms with E-state index in [0.29, 0.717) is 5.82 Å². The highest BCUT2D eigenvalue weighted by molar-refractivity contribution is 5.86. The third-order valence-electron chi connectivity index (χ3n) is 3.10. The van der Waals surface area contributed by atoms with E-state index in [1.54, 1.807) is 18.2 Å². The van der Waals surface area contributed by atoms with E-state index in [4.69, 9.17) is 4.74 Å². The number of halogens is 1. The summed E-state index contributed by atoms with van der Waals surface area (Å²) in [7, 11) is 2.69. The lowest BCUT2D eigenvalue weighted by Crippen LogP contribution is -2.11. The summed E-state index contributed by atoms with van der Waals surface area (Å²) in [5.41, 5.74) is 0.855. The SMILES string of the molecule is COC(=O)c1ccc(NC(C)c2ccc(OC)c(F)c2)nn1. The first kappa shape index (κ1) is 15.7. The molecule has 0 amide bonds. The van der Waals surface area contributed by atoms with Crippen molar-refractivity contribution in [3.8, 4) is 5.75 Å². The number of carbonyl (C=O) groups excluding carboxylic acids is 1. The minimum Gasteiger partial charge on any atom is -0.494 e. The van der Waals surface area contributed by atoms with Crippen LogP contribution < -0.4 is 10.1 Å². The van der Waals surface area contributed by atoms with Crippen LogP contribution in [0.25, 0.3) is 0 Å². The van der Waals surface area contributed by atoms with Crippen LogP contribution in [0.2, 0.25) is 0 Å². The zero-order valence-electron chi connectivity index (χ0n) is 12.5. The fourth-order valence-electron chi connectivity index (χ4n) is 1.88. The van der Waals surface area contributed by atoms with Crippen molar-refractivity contribution >= 4 is 11.8 Å². The summed E-state index contributed by atoms with van der Waals surface area (Å²) in [6.07, 6.45) is 0. The van der Waals surface area contributed by atoms with Crippen molar-refractivity contribution in [1.29, 1.82) is 0 Å². The maximum Gasteiger partial charge on any atom is 0.358 e. The smallest absolute Gasteiger partial charge is 0.358 e. The molecule has 1 atom stereocenters. The van der Waals surface area contributed by atoms with Gasteiger partial charge in [-0.1, -0.05) is 6.07 Å². The molecule has 116 valence electrons. The van der Waals surface area contributed by atoms with Gasteiger partial charge < -0.3 is 14.8 Å². The maximum atomic E-state index is 13.7. The fraction of sp³-hybridized carbons (Fsp3) is 0.267. The first-order valence-electron chi connectivity index (χ1n) is 6.57. The second-order valence-electron chi connectivity index (χ2n) is 4.56. The van der Waals surface area contributed by atoms with Gasteiger partial charge in [-0.15, -0.1) is 10.2 Å². The highest BCUT2D eigenvalue weighted by Gasteiger charge is 2.12. The van der Waals surface area contributed by atoms with E-state index >= 15 is 0 Å². The Kier molecular flexibility index (Phi) is 4.88. The molecule has 0 aliphatic rings. The van der Waals surface area contributed by atoms with Gasteiger partial charge in [0.1, 0.15) is 5.82 Å². The van der Waals surface area contributed by atoms with Crippen LogP contribution in [-0.2, 0) is 4.74 Å². The molecule has 0 fully saturated rings. The van der Waals surface area contributed by atoms with Gasteiger partial charge in [0.05, 0.1) is 20.3 Å². The molecule has 1 heterocycles. The maximum absolute atomic E-state index is 13.7. The molecule has 0 saturated heterocycles. The lowest BCUT2D eigenvalue weighted by molar-refractivity contribution is 0.0593. The molecule has 1 unspecified atom stereocenters. The highest BCUT2D eigenvalue weighted by Crippen LogP contribution is 2.23.